The highest BCUT2D eigenvalue weighted by molar-refractivity contribution is 5.84. The minimum absolute atomic E-state index is 0.0723. The van der Waals surface area contributed by atoms with Crippen molar-refractivity contribution in [2.24, 2.45) is 11.7 Å². The standard InChI is InChI=1S/C20H25F3N8O/c1-19(2,3)18-27-16(30-5-4-11(8-30)6-14(24)32)15-17(28-18)31(10-25-15)9-13-12(7-26-29-13)20(21,22)23/h7,10-11H,4-6,8-9H2,1-3H3,(H2,24,32)(H,26,29)/t11-/m0/s1. The van der Waals surface area contributed by atoms with Gasteiger partial charge in [0.1, 0.15) is 5.82 Å². The fourth-order valence-corrected chi connectivity index (χ4v) is 3.93. The summed E-state index contributed by atoms with van der Waals surface area (Å²) in [6.45, 7) is 7.07. The first kappa shape index (κ1) is 22.0. The molecule has 3 N–H and O–H groups in total. The molecule has 1 aliphatic heterocycles. The summed E-state index contributed by atoms with van der Waals surface area (Å²) in [5.41, 5.74) is 5.02. The van der Waals surface area contributed by atoms with Crippen molar-refractivity contribution in [1.82, 2.24) is 29.7 Å². The summed E-state index contributed by atoms with van der Waals surface area (Å²) in [6.07, 6.45) is -1.18. The molecule has 1 amide bonds. The summed E-state index contributed by atoms with van der Waals surface area (Å²) in [6, 6.07) is 0. The zero-order valence-corrected chi connectivity index (χ0v) is 18.1. The number of nitrogens with zero attached hydrogens (tertiary/aromatic N) is 6. The molecule has 0 aromatic carbocycles. The number of aromatic nitrogens is 6. The molecule has 12 heteroatoms. The number of aromatic amines is 1. The third-order valence-electron chi connectivity index (χ3n) is 5.54. The Bertz CT molecular complexity index is 1140. The van der Waals surface area contributed by atoms with Gasteiger partial charge in [-0.1, -0.05) is 20.8 Å². The van der Waals surface area contributed by atoms with Gasteiger partial charge >= 0.3 is 6.18 Å². The average molecular weight is 450 g/mol. The second kappa shape index (κ2) is 7.75. The Kier molecular flexibility index (Phi) is 5.33. The maximum absolute atomic E-state index is 13.3. The van der Waals surface area contributed by atoms with Gasteiger partial charge in [0.15, 0.2) is 17.0 Å². The highest BCUT2D eigenvalue weighted by atomic mass is 19.4. The van der Waals surface area contributed by atoms with Crippen LogP contribution in [0.1, 0.15) is 50.7 Å². The number of nitrogens with one attached hydrogen (secondary N) is 1. The number of hydrogen-bond donors (Lipinski definition) is 2. The lowest BCUT2D eigenvalue weighted by Crippen LogP contribution is -2.25. The molecule has 32 heavy (non-hydrogen) atoms. The number of anilines is 1. The number of imidazole rings is 1. The molecule has 4 rings (SSSR count). The SMILES string of the molecule is CC(C)(C)c1nc(N2CC[C@@H](CC(N)=O)C2)c2ncn(Cc3[nH]ncc3C(F)(F)F)c2n1. The lowest BCUT2D eigenvalue weighted by atomic mass is 9.96. The van der Waals surface area contributed by atoms with E-state index in [0.29, 0.717) is 42.3 Å². The van der Waals surface area contributed by atoms with E-state index in [1.165, 1.54) is 6.33 Å². The number of alkyl halides is 3. The first-order chi connectivity index (χ1) is 14.9. The first-order valence-corrected chi connectivity index (χ1v) is 10.3. The van der Waals surface area contributed by atoms with E-state index in [9.17, 15) is 18.0 Å². The molecule has 3 aromatic rings. The number of amides is 1. The minimum Gasteiger partial charge on any atom is -0.370 e. The van der Waals surface area contributed by atoms with Crippen molar-refractivity contribution < 1.29 is 18.0 Å². The molecule has 0 unspecified atom stereocenters. The number of carbonyl (C=O) groups is 1. The third-order valence-corrected chi connectivity index (χ3v) is 5.54. The summed E-state index contributed by atoms with van der Waals surface area (Å²) >= 11 is 0. The van der Waals surface area contributed by atoms with Crippen molar-refractivity contribution in [3.05, 3.63) is 29.6 Å². The molecule has 1 fully saturated rings. The van der Waals surface area contributed by atoms with E-state index in [4.69, 9.17) is 10.7 Å². The predicted octanol–water partition coefficient (Wildman–Crippen LogP) is 2.62. The van der Waals surface area contributed by atoms with Crippen LogP contribution in [0.25, 0.3) is 11.2 Å². The van der Waals surface area contributed by atoms with Crippen LogP contribution in [0.5, 0.6) is 0 Å². The van der Waals surface area contributed by atoms with E-state index >= 15 is 0 Å². The Morgan fingerprint density at radius 1 is 1.28 bits per heavy atom. The maximum Gasteiger partial charge on any atom is 0.419 e. The summed E-state index contributed by atoms with van der Waals surface area (Å²) < 4.78 is 41.4. The molecule has 172 valence electrons. The van der Waals surface area contributed by atoms with Crippen LogP contribution >= 0.6 is 0 Å². The molecule has 9 nitrogen and oxygen atoms in total. The van der Waals surface area contributed by atoms with Crippen LogP contribution in [-0.2, 0) is 22.9 Å². The third kappa shape index (κ3) is 4.26. The minimum atomic E-state index is -4.51. The van der Waals surface area contributed by atoms with Crippen LogP contribution < -0.4 is 10.6 Å². The van der Waals surface area contributed by atoms with Crippen molar-refractivity contribution in [3.8, 4) is 0 Å². The van der Waals surface area contributed by atoms with Crippen molar-refractivity contribution in [3.63, 3.8) is 0 Å². The van der Waals surface area contributed by atoms with Crippen LogP contribution in [0.3, 0.4) is 0 Å². The van der Waals surface area contributed by atoms with Gasteiger partial charge in [-0.05, 0) is 12.3 Å². The number of hydrogen-bond acceptors (Lipinski definition) is 6. The zero-order chi connectivity index (χ0) is 23.3. The van der Waals surface area contributed by atoms with Crippen molar-refractivity contribution in [2.45, 2.75) is 51.7 Å². The number of primary amides is 1. The van der Waals surface area contributed by atoms with Gasteiger partial charge in [-0.25, -0.2) is 15.0 Å². The monoisotopic (exact) mass is 450 g/mol. The Labute approximate surface area is 182 Å². The molecule has 1 atom stereocenters. The molecule has 0 spiro atoms. The number of fused-ring (bicyclic) bond motifs is 1. The summed E-state index contributed by atoms with van der Waals surface area (Å²) in [5.74, 6) is 0.952. The predicted molar refractivity (Wildman–Crippen MR) is 111 cm³/mol. The van der Waals surface area contributed by atoms with Crippen molar-refractivity contribution >= 4 is 22.9 Å². The number of H-pyrrole nitrogens is 1. The van der Waals surface area contributed by atoms with Gasteiger partial charge < -0.3 is 15.2 Å². The largest absolute Gasteiger partial charge is 0.419 e. The number of carbonyl (C=O) groups excluding carboxylic acids is 1. The highest BCUT2D eigenvalue weighted by Gasteiger charge is 2.35. The lowest BCUT2D eigenvalue weighted by Gasteiger charge is -2.22. The molecular formula is C20H25F3N8O. The van der Waals surface area contributed by atoms with Crippen LogP contribution in [0, 0.1) is 5.92 Å². The van der Waals surface area contributed by atoms with Crippen LogP contribution in [-0.4, -0.2) is 48.7 Å². The second-order valence-corrected chi connectivity index (χ2v) is 9.20. The summed E-state index contributed by atoms with van der Waals surface area (Å²) in [7, 11) is 0. The fourth-order valence-electron chi connectivity index (χ4n) is 3.93. The van der Waals surface area contributed by atoms with E-state index < -0.39 is 17.2 Å². The average Bonchev–Trinajstić information content (AvgIpc) is 3.40. The Balaban J connectivity index is 1.76. The molecule has 1 aliphatic rings. The van der Waals surface area contributed by atoms with E-state index in [1.54, 1.807) is 4.57 Å². The molecule has 4 heterocycles. The molecule has 0 radical (unpaired) electrons. The van der Waals surface area contributed by atoms with Crippen LogP contribution in [0.4, 0.5) is 19.0 Å². The molecule has 1 saturated heterocycles. The van der Waals surface area contributed by atoms with Crippen LogP contribution in [0.2, 0.25) is 0 Å². The topological polar surface area (TPSA) is 119 Å². The molecule has 0 aliphatic carbocycles. The zero-order valence-electron chi connectivity index (χ0n) is 18.1. The van der Waals surface area contributed by atoms with Crippen molar-refractivity contribution in [2.75, 3.05) is 18.0 Å². The Hall–Kier alpha value is -3.18. The van der Waals surface area contributed by atoms with Crippen molar-refractivity contribution in [1.29, 1.82) is 0 Å². The normalized spacial score (nSPS) is 17.4. The highest BCUT2D eigenvalue weighted by Crippen LogP contribution is 2.34. The van der Waals surface area contributed by atoms with Gasteiger partial charge in [0.25, 0.3) is 0 Å². The van der Waals surface area contributed by atoms with E-state index in [1.807, 2.05) is 25.7 Å². The van der Waals surface area contributed by atoms with Gasteiger partial charge in [0, 0.05) is 24.9 Å². The van der Waals surface area contributed by atoms with E-state index in [2.05, 4.69) is 20.2 Å². The van der Waals surface area contributed by atoms with E-state index in [-0.39, 0.29) is 24.1 Å². The van der Waals surface area contributed by atoms with Gasteiger partial charge in [-0.15, -0.1) is 0 Å². The van der Waals surface area contributed by atoms with E-state index in [0.717, 1.165) is 12.6 Å². The Morgan fingerprint density at radius 3 is 2.69 bits per heavy atom. The van der Waals surface area contributed by atoms with Gasteiger partial charge in [0.05, 0.1) is 30.3 Å². The Morgan fingerprint density at radius 2 is 2.03 bits per heavy atom. The molecule has 3 aromatic heterocycles. The molecule has 0 bridgehead atoms. The van der Waals surface area contributed by atoms with Gasteiger partial charge in [0.2, 0.25) is 5.91 Å². The lowest BCUT2D eigenvalue weighted by molar-refractivity contribution is -0.138. The number of halogens is 3. The molecular weight excluding hydrogens is 425 g/mol. The van der Waals surface area contributed by atoms with Gasteiger partial charge in [-0.2, -0.15) is 18.3 Å². The summed E-state index contributed by atoms with van der Waals surface area (Å²) in [4.78, 5) is 27.2. The van der Waals surface area contributed by atoms with Crippen LogP contribution in [0.15, 0.2) is 12.5 Å². The van der Waals surface area contributed by atoms with Gasteiger partial charge in [-0.3, -0.25) is 9.89 Å². The first-order valence-electron chi connectivity index (χ1n) is 10.3. The molecule has 0 saturated carbocycles. The number of rotatable bonds is 5. The summed E-state index contributed by atoms with van der Waals surface area (Å²) in [5, 5.41) is 6.00. The number of nitrogens with two attached hydrogens (primary N) is 1. The fraction of sp³-hybridized carbons (Fsp3) is 0.550. The quantitative estimate of drug-likeness (QED) is 0.617. The maximum atomic E-state index is 13.3. The smallest absolute Gasteiger partial charge is 0.370 e. The second-order valence-electron chi connectivity index (χ2n) is 9.20.